The molecule has 3 aromatic rings. The molecule has 3 rings (SSSR count). The molecular formula is C22H19Cl2N3O5S. The molecule has 0 saturated heterocycles. The monoisotopic (exact) mass is 507 g/mol. The quantitative estimate of drug-likeness (QED) is 0.338. The van der Waals surface area contributed by atoms with E-state index in [1.54, 1.807) is 31.2 Å². The van der Waals surface area contributed by atoms with Gasteiger partial charge in [-0.15, -0.1) is 0 Å². The van der Waals surface area contributed by atoms with E-state index in [1.807, 2.05) is 0 Å². The van der Waals surface area contributed by atoms with Crippen molar-refractivity contribution in [2.75, 3.05) is 15.9 Å². The van der Waals surface area contributed by atoms with E-state index < -0.39 is 20.9 Å². The van der Waals surface area contributed by atoms with Crippen LogP contribution in [0.15, 0.2) is 60.7 Å². The molecule has 0 aromatic heterocycles. The van der Waals surface area contributed by atoms with Crippen LogP contribution in [0.1, 0.15) is 21.5 Å². The first kappa shape index (κ1) is 24.5. The number of nitro benzene ring substituents is 1. The third-order valence-corrected chi connectivity index (χ3v) is 6.78. The topological polar surface area (TPSA) is 110 Å². The second kappa shape index (κ2) is 9.78. The molecule has 0 aliphatic rings. The minimum atomic E-state index is -3.70. The molecule has 0 radical (unpaired) electrons. The van der Waals surface area contributed by atoms with Gasteiger partial charge in [-0.1, -0.05) is 35.3 Å². The average Bonchev–Trinajstić information content (AvgIpc) is 2.74. The van der Waals surface area contributed by atoms with Crippen LogP contribution in [-0.4, -0.2) is 25.5 Å². The Morgan fingerprint density at radius 1 is 1.03 bits per heavy atom. The molecule has 0 bridgehead atoms. The molecule has 0 saturated carbocycles. The molecule has 8 nitrogen and oxygen atoms in total. The van der Waals surface area contributed by atoms with E-state index in [4.69, 9.17) is 23.2 Å². The first-order valence-electron chi connectivity index (χ1n) is 9.55. The molecular weight excluding hydrogens is 489 g/mol. The van der Waals surface area contributed by atoms with Gasteiger partial charge in [0.2, 0.25) is 10.0 Å². The number of rotatable bonds is 7. The van der Waals surface area contributed by atoms with Gasteiger partial charge in [-0.05, 0) is 49.4 Å². The lowest BCUT2D eigenvalue weighted by atomic mass is 10.1. The Morgan fingerprint density at radius 2 is 1.61 bits per heavy atom. The van der Waals surface area contributed by atoms with Crippen molar-refractivity contribution in [3.63, 3.8) is 0 Å². The van der Waals surface area contributed by atoms with Crippen molar-refractivity contribution in [3.8, 4) is 0 Å². The summed E-state index contributed by atoms with van der Waals surface area (Å²) in [5.41, 5.74) is 1.54. The lowest BCUT2D eigenvalue weighted by Gasteiger charge is -2.23. The normalized spacial score (nSPS) is 11.2. The lowest BCUT2D eigenvalue weighted by Crippen LogP contribution is -2.29. The number of nitrogens with zero attached hydrogens (tertiary/aromatic N) is 2. The highest BCUT2D eigenvalue weighted by atomic mass is 35.5. The van der Waals surface area contributed by atoms with Gasteiger partial charge in [0.15, 0.2) is 0 Å². The molecule has 11 heteroatoms. The van der Waals surface area contributed by atoms with Crippen molar-refractivity contribution in [2.45, 2.75) is 13.5 Å². The minimum Gasteiger partial charge on any atom is -0.321 e. The van der Waals surface area contributed by atoms with Crippen LogP contribution in [0.3, 0.4) is 0 Å². The van der Waals surface area contributed by atoms with Gasteiger partial charge in [0.25, 0.3) is 11.6 Å². The van der Waals surface area contributed by atoms with Gasteiger partial charge in [-0.3, -0.25) is 19.2 Å². The molecule has 0 spiro atoms. The first-order chi connectivity index (χ1) is 15.5. The van der Waals surface area contributed by atoms with Gasteiger partial charge >= 0.3 is 0 Å². The van der Waals surface area contributed by atoms with Gasteiger partial charge < -0.3 is 5.32 Å². The van der Waals surface area contributed by atoms with Gasteiger partial charge in [0, 0.05) is 27.2 Å². The molecule has 0 atom stereocenters. The minimum absolute atomic E-state index is 0.0875. The summed E-state index contributed by atoms with van der Waals surface area (Å²) in [6, 6.07) is 15.2. The van der Waals surface area contributed by atoms with Gasteiger partial charge in [0.1, 0.15) is 0 Å². The van der Waals surface area contributed by atoms with E-state index in [0.717, 1.165) is 10.6 Å². The number of carbonyl (C=O) groups excluding carboxylic acids is 1. The summed E-state index contributed by atoms with van der Waals surface area (Å²) in [4.78, 5) is 23.2. The van der Waals surface area contributed by atoms with Crippen LogP contribution in [0.4, 0.5) is 17.1 Å². The third-order valence-electron chi connectivity index (χ3n) is 4.93. The number of halogens is 2. The zero-order valence-electron chi connectivity index (χ0n) is 17.6. The molecule has 172 valence electrons. The van der Waals surface area contributed by atoms with E-state index in [2.05, 4.69) is 5.32 Å². The van der Waals surface area contributed by atoms with Crippen molar-refractivity contribution in [3.05, 3.63) is 97.5 Å². The van der Waals surface area contributed by atoms with Crippen molar-refractivity contribution in [1.82, 2.24) is 0 Å². The number of nitro groups is 1. The molecule has 0 fully saturated rings. The van der Waals surface area contributed by atoms with Gasteiger partial charge in [-0.2, -0.15) is 0 Å². The third kappa shape index (κ3) is 5.62. The molecule has 0 aliphatic heterocycles. The summed E-state index contributed by atoms with van der Waals surface area (Å²) < 4.78 is 26.0. The fraction of sp³-hybridized carbons (Fsp3) is 0.136. The first-order valence-corrected chi connectivity index (χ1v) is 12.2. The molecule has 3 aromatic carbocycles. The molecule has 0 unspecified atom stereocenters. The Kier molecular flexibility index (Phi) is 7.26. The maximum absolute atomic E-state index is 12.7. The second-order valence-electron chi connectivity index (χ2n) is 7.18. The van der Waals surface area contributed by atoms with E-state index in [9.17, 15) is 23.3 Å². The highest BCUT2D eigenvalue weighted by Gasteiger charge is 2.21. The standard InChI is InChI=1S/C22H19Cl2N3O5S/c1-14-20(7-4-8-21(14)27(29)30)25-22(28)15-9-11-16(12-10-15)26(33(2,31)32)13-17-18(23)5-3-6-19(17)24/h3-12H,13H2,1-2H3,(H,25,28). The van der Waals surface area contributed by atoms with Crippen LogP contribution < -0.4 is 9.62 Å². The van der Waals surface area contributed by atoms with E-state index in [0.29, 0.717) is 32.5 Å². The lowest BCUT2D eigenvalue weighted by molar-refractivity contribution is -0.385. The van der Waals surface area contributed by atoms with Crippen molar-refractivity contribution in [1.29, 1.82) is 0 Å². The zero-order valence-corrected chi connectivity index (χ0v) is 19.9. The highest BCUT2D eigenvalue weighted by molar-refractivity contribution is 7.92. The predicted molar refractivity (Wildman–Crippen MR) is 130 cm³/mol. The number of hydrogen-bond donors (Lipinski definition) is 1. The maximum atomic E-state index is 12.7. The van der Waals surface area contributed by atoms with Crippen molar-refractivity contribution < 1.29 is 18.1 Å². The largest absolute Gasteiger partial charge is 0.321 e. The van der Waals surface area contributed by atoms with Crippen LogP contribution in [0.2, 0.25) is 10.0 Å². The predicted octanol–water partition coefficient (Wildman–Crippen LogP) is 5.43. The Morgan fingerprint density at radius 3 is 2.15 bits per heavy atom. The molecule has 33 heavy (non-hydrogen) atoms. The maximum Gasteiger partial charge on any atom is 0.274 e. The molecule has 0 aliphatic carbocycles. The number of hydrogen-bond acceptors (Lipinski definition) is 5. The van der Waals surface area contributed by atoms with E-state index >= 15 is 0 Å². The Balaban J connectivity index is 1.86. The Bertz CT molecular complexity index is 1310. The summed E-state index contributed by atoms with van der Waals surface area (Å²) in [5.74, 6) is -0.495. The Labute approximate surface area is 200 Å². The van der Waals surface area contributed by atoms with Crippen molar-refractivity contribution >= 4 is 56.2 Å². The zero-order chi connectivity index (χ0) is 24.3. The van der Waals surface area contributed by atoms with E-state index in [1.165, 1.54) is 36.4 Å². The summed E-state index contributed by atoms with van der Waals surface area (Å²) >= 11 is 12.4. The fourth-order valence-corrected chi connectivity index (χ4v) is 4.54. The van der Waals surface area contributed by atoms with Crippen LogP contribution >= 0.6 is 23.2 Å². The van der Waals surface area contributed by atoms with Crippen LogP contribution in [0, 0.1) is 17.0 Å². The molecule has 0 heterocycles. The number of benzene rings is 3. The number of anilines is 2. The summed E-state index contributed by atoms with van der Waals surface area (Å²) in [6.45, 7) is 1.45. The number of amides is 1. The van der Waals surface area contributed by atoms with Crippen LogP contribution in [0.25, 0.3) is 0 Å². The van der Waals surface area contributed by atoms with Gasteiger partial charge in [-0.25, -0.2) is 8.42 Å². The average molecular weight is 508 g/mol. The van der Waals surface area contributed by atoms with Crippen LogP contribution in [0.5, 0.6) is 0 Å². The van der Waals surface area contributed by atoms with Gasteiger partial charge in [0.05, 0.1) is 34.7 Å². The number of nitrogens with one attached hydrogen (secondary N) is 1. The summed E-state index contributed by atoms with van der Waals surface area (Å²) in [6.07, 6.45) is 1.06. The number of sulfonamides is 1. The highest BCUT2D eigenvalue weighted by Crippen LogP contribution is 2.30. The molecule has 1 amide bonds. The molecule has 1 N–H and O–H groups in total. The second-order valence-corrected chi connectivity index (χ2v) is 9.90. The van der Waals surface area contributed by atoms with E-state index in [-0.39, 0.29) is 17.8 Å². The number of carbonyl (C=O) groups is 1. The SMILES string of the molecule is Cc1c(NC(=O)c2ccc(N(Cc3c(Cl)cccc3Cl)S(C)(=O)=O)cc2)cccc1[N+](=O)[O-]. The summed E-state index contributed by atoms with van der Waals surface area (Å²) in [5, 5.41) is 14.4. The van der Waals surface area contributed by atoms with Crippen LogP contribution in [-0.2, 0) is 16.6 Å². The smallest absolute Gasteiger partial charge is 0.274 e. The van der Waals surface area contributed by atoms with Crippen molar-refractivity contribution in [2.24, 2.45) is 0 Å². The Hall–Kier alpha value is -3.14. The fourth-order valence-electron chi connectivity index (χ4n) is 3.16. The summed E-state index contributed by atoms with van der Waals surface area (Å²) in [7, 11) is -3.70.